The van der Waals surface area contributed by atoms with E-state index in [4.69, 9.17) is 4.74 Å². The molecule has 1 saturated carbocycles. The molecule has 2 heterocycles. The molecule has 0 spiro atoms. The second kappa shape index (κ2) is 6.44. The summed E-state index contributed by atoms with van der Waals surface area (Å²) in [5.41, 5.74) is 0.500. The fourth-order valence-corrected chi connectivity index (χ4v) is 3.67. The van der Waals surface area contributed by atoms with Gasteiger partial charge in [-0.3, -0.25) is 4.79 Å². The molecule has 0 bridgehead atoms. The van der Waals surface area contributed by atoms with Crippen LogP contribution in [0.3, 0.4) is 0 Å². The summed E-state index contributed by atoms with van der Waals surface area (Å²) in [4.78, 5) is 22.2. The average Bonchev–Trinajstić information content (AvgIpc) is 2.83. The standard InChI is InChI=1S/C15H19F2N3O3S/c1-3-23-12-10-8(18-14(19-12)24-2)7-20(13(10)22)11-9(21)5-4-6-15(11,16)17/h9,11,21H,3-7H2,1-2H3. The second-order valence-corrected chi connectivity index (χ2v) is 6.64. The first-order valence-corrected chi connectivity index (χ1v) is 9.06. The molecule has 24 heavy (non-hydrogen) atoms. The minimum atomic E-state index is -3.13. The molecule has 2 unspecified atom stereocenters. The van der Waals surface area contributed by atoms with Gasteiger partial charge in [0.15, 0.2) is 5.16 Å². The van der Waals surface area contributed by atoms with Crippen LogP contribution in [-0.4, -0.2) is 56.8 Å². The van der Waals surface area contributed by atoms with Crippen LogP contribution < -0.4 is 4.74 Å². The molecular weight excluding hydrogens is 340 g/mol. The molecule has 1 amide bonds. The predicted octanol–water partition coefficient (Wildman–Crippen LogP) is 2.10. The molecule has 0 saturated heterocycles. The third-order valence-electron chi connectivity index (χ3n) is 4.33. The van der Waals surface area contributed by atoms with Crippen LogP contribution in [0.4, 0.5) is 8.78 Å². The molecule has 1 aliphatic carbocycles. The Morgan fingerprint density at radius 2 is 2.21 bits per heavy atom. The lowest BCUT2D eigenvalue weighted by atomic mass is 9.88. The topological polar surface area (TPSA) is 75.6 Å². The normalized spacial score (nSPS) is 25.7. The third kappa shape index (κ3) is 2.83. The zero-order chi connectivity index (χ0) is 17.5. The zero-order valence-corrected chi connectivity index (χ0v) is 14.3. The number of carbonyl (C=O) groups is 1. The zero-order valence-electron chi connectivity index (χ0n) is 13.5. The van der Waals surface area contributed by atoms with E-state index in [-0.39, 0.29) is 37.3 Å². The first kappa shape index (κ1) is 17.3. The summed E-state index contributed by atoms with van der Waals surface area (Å²) in [6, 6.07) is -1.54. The number of fused-ring (bicyclic) bond motifs is 1. The Labute approximate surface area is 142 Å². The second-order valence-electron chi connectivity index (χ2n) is 5.87. The van der Waals surface area contributed by atoms with Crippen LogP contribution in [0.25, 0.3) is 0 Å². The highest BCUT2D eigenvalue weighted by atomic mass is 32.2. The van der Waals surface area contributed by atoms with E-state index in [0.29, 0.717) is 17.5 Å². The van der Waals surface area contributed by atoms with Gasteiger partial charge in [-0.05, 0) is 26.0 Å². The monoisotopic (exact) mass is 359 g/mol. The van der Waals surface area contributed by atoms with Crippen LogP contribution in [0.5, 0.6) is 5.88 Å². The molecule has 6 nitrogen and oxygen atoms in total. The molecule has 0 aromatic carbocycles. The number of ether oxygens (including phenoxy) is 1. The fraction of sp³-hybridized carbons (Fsp3) is 0.667. The predicted molar refractivity (Wildman–Crippen MR) is 83.4 cm³/mol. The summed E-state index contributed by atoms with van der Waals surface area (Å²) in [7, 11) is 0. The summed E-state index contributed by atoms with van der Waals surface area (Å²) in [6.45, 7) is 1.98. The Hall–Kier alpha value is -1.48. The highest BCUT2D eigenvalue weighted by Gasteiger charge is 2.53. The number of aliphatic hydroxyl groups excluding tert-OH is 1. The van der Waals surface area contributed by atoms with Gasteiger partial charge in [0.25, 0.3) is 11.8 Å². The van der Waals surface area contributed by atoms with Crippen LogP contribution in [0, 0.1) is 0 Å². The van der Waals surface area contributed by atoms with E-state index in [1.54, 1.807) is 13.2 Å². The summed E-state index contributed by atoms with van der Waals surface area (Å²) in [5.74, 6) is -3.61. The van der Waals surface area contributed by atoms with E-state index in [1.807, 2.05) is 0 Å². The lowest BCUT2D eigenvalue weighted by Gasteiger charge is -2.40. The molecule has 2 atom stereocenters. The van der Waals surface area contributed by atoms with Crippen molar-refractivity contribution in [1.29, 1.82) is 0 Å². The third-order valence-corrected chi connectivity index (χ3v) is 4.88. The Morgan fingerprint density at radius 1 is 1.46 bits per heavy atom. The molecule has 2 aliphatic rings. The molecule has 3 rings (SSSR count). The van der Waals surface area contributed by atoms with Crippen molar-refractivity contribution in [3.8, 4) is 5.88 Å². The van der Waals surface area contributed by atoms with Crippen LogP contribution in [0.2, 0.25) is 0 Å². The Balaban J connectivity index is 1.99. The van der Waals surface area contributed by atoms with Gasteiger partial charge in [0.05, 0.1) is 24.9 Å². The summed E-state index contributed by atoms with van der Waals surface area (Å²) >= 11 is 1.28. The minimum absolute atomic E-state index is 0.0678. The first-order chi connectivity index (χ1) is 11.4. The van der Waals surface area contributed by atoms with Gasteiger partial charge < -0.3 is 14.7 Å². The SMILES string of the molecule is CCOc1nc(SC)nc2c1C(=O)N(C1C(O)CCCC1(F)F)C2. The lowest BCUT2D eigenvalue weighted by molar-refractivity contribution is -0.140. The van der Waals surface area contributed by atoms with E-state index in [9.17, 15) is 18.7 Å². The van der Waals surface area contributed by atoms with Crippen LogP contribution in [0.15, 0.2) is 5.16 Å². The van der Waals surface area contributed by atoms with Gasteiger partial charge in [0.1, 0.15) is 11.6 Å². The molecule has 1 aromatic rings. The fourth-order valence-electron chi connectivity index (χ4n) is 3.30. The van der Waals surface area contributed by atoms with E-state index in [1.165, 1.54) is 11.8 Å². The number of hydrogen-bond acceptors (Lipinski definition) is 6. The van der Waals surface area contributed by atoms with Crippen LogP contribution >= 0.6 is 11.8 Å². The maximum atomic E-state index is 14.3. The molecule has 132 valence electrons. The smallest absolute Gasteiger partial charge is 0.270 e. The van der Waals surface area contributed by atoms with Gasteiger partial charge in [0.2, 0.25) is 5.88 Å². The minimum Gasteiger partial charge on any atom is -0.477 e. The molecular formula is C15H19F2N3O3S. The number of hydrogen-bond donors (Lipinski definition) is 1. The molecule has 1 aromatic heterocycles. The van der Waals surface area contributed by atoms with Crippen LogP contribution in [-0.2, 0) is 6.54 Å². The number of aliphatic hydroxyl groups is 1. The van der Waals surface area contributed by atoms with E-state index < -0.39 is 24.0 Å². The Morgan fingerprint density at radius 3 is 2.83 bits per heavy atom. The van der Waals surface area contributed by atoms with Gasteiger partial charge >= 0.3 is 0 Å². The van der Waals surface area contributed by atoms with Crippen molar-refractivity contribution in [2.24, 2.45) is 0 Å². The van der Waals surface area contributed by atoms with Gasteiger partial charge in [-0.15, -0.1) is 0 Å². The summed E-state index contributed by atoms with van der Waals surface area (Å²) in [6.07, 6.45) is 0.677. The van der Waals surface area contributed by atoms with Crippen molar-refractivity contribution in [3.05, 3.63) is 11.3 Å². The van der Waals surface area contributed by atoms with Gasteiger partial charge in [-0.1, -0.05) is 11.8 Å². The van der Waals surface area contributed by atoms with E-state index in [2.05, 4.69) is 9.97 Å². The number of carbonyl (C=O) groups excluding carboxylic acids is 1. The maximum Gasteiger partial charge on any atom is 0.270 e. The average molecular weight is 359 g/mol. The van der Waals surface area contributed by atoms with E-state index >= 15 is 0 Å². The van der Waals surface area contributed by atoms with Gasteiger partial charge in [0, 0.05) is 6.42 Å². The number of amides is 1. The number of rotatable bonds is 4. The first-order valence-electron chi connectivity index (χ1n) is 7.83. The van der Waals surface area contributed by atoms with Crippen molar-refractivity contribution >= 4 is 17.7 Å². The quantitative estimate of drug-likeness (QED) is 0.655. The summed E-state index contributed by atoms with van der Waals surface area (Å²) < 4.78 is 34.1. The maximum absolute atomic E-state index is 14.3. The Bertz CT molecular complexity index is 659. The number of nitrogens with zero attached hydrogens (tertiary/aromatic N) is 3. The van der Waals surface area contributed by atoms with Crippen molar-refractivity contribution in [3.63, 3.8) is 0 Å². The number of aromatic nitrogens is 2. The number of alkyl halides is 2. The molecule has 9 heteroatoms. The van der Waals surface area contributed by atoms with Gasteiger partial charge in [-0.25, -0.2) is 13.8 Å². The van der Waals surface area contributed by atoms with E-state index in [0.717, 1.165) is 4.90 Å². The Kier molecular flexibility index (Phi) is 4.65. The van der Waals surface area contributed by atoms with Gasteiger partial charge in [-0.2, -0.15) is 4.98 Å². The highest BCUT2D eigenvalue weighted by Crippen LogP contribution is 2.41. The number of thioether (sulfide) groups is 1. The highest BCUT2D eigenvalue weighted by molar-refractivity contribution is 7.98. The molecule has 0 radical (unpaired) electrons. The van der Waals surface area contributed by atoms with Crippen LogP contribution in [0.1, 0.15) is 42.2 Å². The van der Waals surface area contributed by atoms with Crippen molar-refractivity contribution < 1.29 is 23.4 Å². The van der Waals surface area contributed by atoms with Crippen molar-refractivity contribution in [2.45, 2.75) is 56.0 Å². The van der Waals surface area contributed by atoms with Crippen molar-refractivity contribution in [1.82, 2.24) is 14.9 Å². The summed E-state index contributed by atoms with van der Waals surface area (Å²) in [5, 5.41) is 10.5. The lowest BCUT2D eigenvalue weighted by Crippen LogP contribution is -2.56. The molecule has 1 fully saturated rings. The molecule has 1 aliphatic heterocycles. The number of halogens is 2. The largest absolute Gasteiger partial charge is 0.477 e. The molecule has 1 N–H and O–H groups in total. The van der Waals surface area contributed by atoms with Crippen molar-refractivity contribution in [2.75, 3.05) is 12.9 Å².